The van der Waals surface area contributed by atoms with E-state index in [9.17, 15) is 4.39 Å². The molecular weight excluding hydrogens is 410 g/mol. The smallest absolute Gasteiger partial charge is 0.138 e. The molecule has 0 aliphatic carbocycles. The van der Waals surface area contributed by atoms with Crippen LogP contribution in [0.1, 0.15) is 15.6 Å². The van der Waals surface area contributed by atoms with Crippen molar-refractivity contribution in [2.75, 3.05) is 0 Å². The van der Waals surface area contributed by atoms with Crippen LogP contribution in [0.15, 0.2) is 24.3 Å². The van der Waals surface area contributed by atoms with E-state index in [4.69, 9.17) is 11.6 Å². The Morgan fingerprint density at radius 2 is 2.20 bits per heavy atom. The number of halogens is 3. The van der Waals surface area contributed by atoms with Crippen LogP contribution in [0.5, 0.6) is 0 Å². The van der Waals surface area contributed by atoms with Crippen molar-refractivity contribution in [3.05, 3.63) is 49.2 Å². The number of hydrogen-bond donors (Lipinski definition) is 0. The van der Waals surface area contributed by atoms with Crippen molar-refractivity contribution in [1.82, 2.24) is 9.55 Å². The molecule has 2 aromatic heterocycles. The molecule has 0 amide bonds. The van der Waals surface area contributed by atoms with E-state index in [2.05, 4.69) is 24.0 Å². The SMILES string of the molecule is Cc1ccc(Cn2c(CCl)nc3cc(I)c(F)cc32)s1. The molecule has 3 aromatic rings. The van der Waals surface area contributed by atoms with Crippen LogP contribution in [0.25, 0.3) is 11.0 Å². The third-order valence-corrected chi connectivity index (χ3v) is 5.15. The molecule has 0 N–H and O–H groups in total. The van der Waals surface area contributed by atoms with Gasteiger partial charge in [-0.1, -0.05) is 0 Å². The lowest BCUT2D eigenvalue weighted by molar-refractivity contribution is 0.621. The van der Waals surface area contributed by atoms with Gasteiger partial charge in [-0.25, -0.2) is 9.37 Å². The molecule has 6 heteroatoms. The third-order valence-electron chi connectivity index (χ3n) is 3.10. The van der Waals surface area contributed by atoms with Crippen molar-refractivity contribution in [2.24, 2.45) is 0 Å². The maximum Gasteiger partial charge on any atom is 0.138 e. The molecule has 3 rings (SSSR count). The van der Waals surface area contributed by atoms with E-state index in [0.29, 0.717) is 16.0 Å². The van der Waals surface area contributed by atoms with Crippen molar-refractivity contribution in [2.45, 2.75) is 19.3 Å². The molecule has 20 heavy (non-hydrogen) atoms. The molecule has 0 bridgehead atoms. The van der Waals surface area contributed by atoms with Gasteiger partial charge in [-0.15, -0.1) is 22.9 Å². The highest BCUT2D eigenvalue weighted by Gasteiger charge is 2.13. The van der Waals surface area contributed by atoms with Crippen LogP contribution in [0, 0.1) is 16.3 Å². The van der Waals surface area contributed by atoms with Crippen molar-refractivity contribution in [3.63, 3.8) is 0 Å². The molecule has 0 aliphatic rings. The number of aromatic nitrogens is 2. The first-order valence-corrected chi connectivity index (χ1v) is 8.47. The highest BCUT2D eigenvalue weighted by atomic mass is 127. The summed E-state index contributed by atoms with van der Waals surface area (Å²) in [5, 5.41) is 0. The second kappa shape index (κ2) is 5.61. The number of nitrogens with zero attached hydrogens (tertiary/aromatic N) is 2. The Hall–Kier alpha value is -0.660. The molecule has 0 spiro atoms. The number of hydrogen-bond acceptors (Lipinski definition) is 2. The fourth-order valence-electron chi connectivity index (χ4n) is 2.17. The van der Waals surface area contributed by atoms with Gasteiger partial charge >= 0.3 is 0 Å². The maximum atomic E-state index is 13.8. The quantitative estimate of drug-likeness (QED) is 0.434. The van der Waals surface area contributed by atoms with Gasteiger partial charge in [0, 0.05) is 15.8 Å². The molecule has 1 aromatic carbocycles. The van der Waals surface area contributed by atoms with Gasteiger partial charge in [0.1, 0.15) is 11.6 Å². The predicted molar refractivity (Wildman–Crippen MR) is 90.1 cm³/mol. The molecule has 0 saturated heterocycles. The summed E-state index contributed by atoms with van der Waals surface area (Å²) in [7, 11) is 0. The van der Waals surface area contributed by atoms with Crippen molar-refractivity contribution >= 4 is 56.6 Å². The minimum atomic E-state index is -0.220. The van der Waals surface area contributed by atoms with Crippen LogP contribution < -0.4 is 0 Å². The Morgan fingerprint density at radius 1 is 1.40 bits per heavy atom. The van der Waals surface area contributed by atoms with Gasteiger partial charge in [0.2, 0.25) is 0 Å². The summed E-state index contributed by atoms with van der Waals surface area (Å²) in [5.41, 5.74) is 1.59. The lowest BCUT2D eigenvalue weighted by atomic mass is 10.3. The third kappa shape index (κ3) is 2.58. The van der Waals surface area contributed by atoms with E-state index in [0.717, 1.165) is 16.9 Å². The average molecular weight is 421 g/mol. The summed E-state index contributed by atoms with van der Waals surface area (Å²) < 4.78 is 16.4. The Labute approximate surface area is 138 Å². The van der Waals surface area contributed by atoms with Crippen molar-refractivity contribution < 1.29 is 4.39 Å². The van der Waals surface area contributed by atoms with Crippen molar-refractivity contribution in [1.29, 1.82) is 0 Å². The van der Waals surface area contributed by atoms with Crippen LogP contribution in [0.2, 0.25) is 0 Å². The molecule has 2 nitrogen and oxygen atoms in total. The van der Waals surface area contributed by atoms with Gasteiger partial charge in [-0.05, 0) is 47.7 Å². The van der Waals surface area contributed by atoms with E-state index >= 15 is 0 Å². The lowest BCUT2D eigenvalue weighted by Crippen LogP contribution is -2.02. The molecule has 0 unspecified atom stereocenters. The van der Waals surface area contributed by atoms with Gasteiger partial charge < -0.3 is 4.57 Å². The molecule has 0 saturated carbocycles. The van der Waals surface area contributed by atoms with Gasteiger partial charge in [-0.3, -0.25) is 0 Å². The van der Waals surface area contributed by atoms with E-state index < -0.39 is 0 Å². The molecule has 0 fully saturated rings. The largest absolute Gasteiger partial charge is 0.322 e. The zero-order valence-electron chi connectivity index (χ0n) is 10.7. The molecule has 0 radical (unpaired) electrons. The van der Waals surface area contributed by atoms with Gasteiger partial charge in [0.05, 0.1) is 27.0 Å². The summed E-state index contributed by atoms with van der Waals surface area (Å²) in [6, 6.07) is 7.48. The fourth-order valence-corrected chi connectivity index (χ4v) is 3.71. The Morgan fingerprint density at radius 3 is 2.85 bits per heavy atom. The first kappa shape index (κ1) is 14.3. The number of thiophene rings is 1. The zero-order valence-corrected chi connectivity index (χ0v) is 14.4. The zero-order chi connectivity index (χ0) is 14.3. The van der Waals surface area contributed by atoms with Gasteiger partial charge in [-0.2, -0.15) is 0 Å². The minimum Gasteiger partial charge on any atom is -0.322 e. The lowest BCUT2D eigenvalue weighted by Gasteiger charge is -2.06. The van der Waals surface area contributed by atoms with Crippen LogP contribution in [0.3, 0.4) is 0 Å². The Kier molecular flexibility index (Phi) is 4.01. The first-order valence-electron chi connectivity index (χ1n) is 6.04. The number of alkyl halides is 1. The number of fused-ring (bicyclic) bond motifs is 1. The second-order valence-electron chi connectivity index (χ2n) is 4.52. The number of aryl methyl sites for hydroxylation is 1. The maximum absolute atomic E-state index is 13.8. The number of imidazole rings is 1. The average Bonchev–Trinajstić information content (AvgIpc) is 2.96. The molecule has 2 heterocycles. The summed E-state index contributed by atoms with van der Waals surface area (Å²) in [6.07, 6.45) is 0. The van der Waals surface area contributed by atoms with E-state index in [-0.39, 0.29) is 5.82 Å². The fraction of sp³-hybridized carbons (Fsp3) is 0.214. The Bertz CT molecular complexity index is 781. The van der Waals surface area contributed by atoms with E-state index in [1.807, 2.05) is 27.2 Å². The standard InChI is InChI=1S/C14H11ClFIN2S/c1-8-2-3-9(20-8)7-19-13-4-10(16)11(17)5-12(13)18-14(19)6-15/h2-5H,6-7H2,1H3. The first-order chi connectivity index (χ1) is 9.58. The van der Waals surface area contributed by atoms with Gasteiger partial charge in [0.15, 0.2) is 0 Å². The van der Waals surface area contributed by atoms with E-state index in [1.165, 1.54) is 9.75 Å². The molecule has 104 valence electrons. The van der Waals surface area contributed by atoms with E-state index in [1.54, 1.807) is 23.5 Å². The topological polar surface area (TPSA) is 17.8 Å². The van der Waals surface area contributed by atoms with Crippen LogP contribution in [-0.4, -0.2) is 9.55 Å². The second-order valence-corrected chi connectivity index (χ2v) is 7.32. The Balaban J connectivity index is 2.14. The van der Waals surface area contributed by atoms with Crippen LogP contribution in [-0.2, 0) is 12.4 Å². The summed E-state index contributed by atoms with van der Waals surface area (Å²) in [6.45, 7) is 2.75. The molecular formula is C14H11ClFIN2S. The predicted octanol–water partition coefficient (Wildman–Crippen LogP) is 4.94. The minimum absolute atomic E-state index is 0.220. The van der Waals surface area contributed by atoms with Crippen LogP contribution >= 0.6 is 45.5 Å². The highest BCUT2D eigenvalue weighted by molar-refractivity contribution is 14.1. The van der Waals surface area contributed by atoms with Crippen LogP contribution in [0.4, 0.5) is 4.39 Å². The molecule has 0 atom stereocenters. The highest BCUT2D eigenvalue weighted by Crippen LogP contribution is 2.25. The number of rotatable bonds is 3. The molecule has 0 aliphatic heterocycles. The summed E-state index contributed by atoms with van der Waals surface area (Å²) >= 11 is 9.69. The van der Waals surface area contributed by atoms with Gasteiger partial charge in [0.25, 0.3) is 0 Å². The normalized spacial score (nSPS) is 11.4. The number of benzene rings is 1. The monoisotopic (exact) mass is 420 g/mol. The summed E-state index contributed by atoms with van der Waals surface area (Å²) in [5.74, 6) is 0.869. The van der Waals surface area contributed by atoms with Crippen molar-refractivity contribution in [3.8, 4) is 0 Å². The summed E-state index contributed by atoms with van der Waals surface area (Å²) in [4.78, 5) is 6.98.